The van der Waals surface area contributed by atoms with Crippen LogP contribution in [-0.2, 0) is 11.3 Å². The van der Waals surface area contributed by atoms with Gasteiger partial charge in [0.05, 0.1) is 23.6 Å². The number of nitrogens with one attached hydrogen (secondary N) is 1. The fraction of sp³-hybridized carbons (Fsp3) is 0.229. The van der Waals surface area contributed by atoms with Crippen LogP contribution in [0.25, 0.3) is 0 Å². The van der Waals surface area contributed by atoms with E-state index < -0.39 is 17.8 Å². The van der Waals surface area contributed by atoms with E-state index in [9.17, 15) is 9.90 Å². The molecule has 0 saturated carbocycles. The van der Waals surface area contributed by atoms with E-state index in [1.165, 1.54) is 17.0 Å². The highest BCUT2D eigenvalue weighted by Gasteiger charge is 2.42. The number of phenolic OH excluding ortho intramolecular Hbond substituents is 1. The minimum absolute atomic E-state index is 0.0175. The maximum Gasteiger partial charge on any atom is 0.262 e. The molecule has 6 rings (SSSR count). The molecule has 4 aromatic carbocycles. The number of ether oxygens (including phenoxy) is 2. The van der Waals surface area contributed by atoms with Crippen molar-refractivity contribution in [2.75, 3.05) is 16.8 Å². The van der Waals surface area contributed by atoms with Crippen LogP contribution >= 0.6 is 0 Å². The van der Waals surface area contributed by atoms with Crippen LogP contribution in [0, 0.1) is 18.2 Å². The molecule has 4 aromatic rings. The lowest BCUT2D eigenvalue weighted by atomic mass is 9.84. The second-order valence-corrected chi connectivity index (χ2v) is 11.6. The SMILES string of the molecule is Cc1cc(OCc2ccccc2)ccc1C1C2=C(CC(C)(C)CO2)Nc2c(O)cccc2N1C(=O)c1ccccc1F. The van der Waals surface area contributed by atoms with Gasteiger partial charge in [0.25, 0.3) is 5.91 Å². The van der Waals surface area contributed by atoms with Crippen LogP contribution in [0.1, 0.15) is 53.4 Å². The Morgan fingerprint density at radius 3 is 2.57 bits per heavy atom. The van der Waals surface area contributed by atoms with Crippen molar-refractivity contribution in [1.82, 2.24) is 0 Å². The number of carbonyl (C=O) groups excluding carboxylic acids is 1. The number of amides is 1. The van der Waals surface area contributed by atoms with Gasteiger partial charge in [-0.05, 0) is 66.4 Å². The molecule has 2 N–H and O–H groups in total. The summed E-state index contributed by atoms with van der Waals surface area (Å²) in [6, 6.07) is 25.9. The highest BCUT2D eigenvalue weighted by atomic mass is 19.1. The molecule has 214 valence electrons. The number of anilines is 2. The number of hydrogen-bond donors (Lipinski definition) is 2. The van der Waals surface area contributed by atoms with Crippen molar-refractivity contribution in [1.29, 1.82) is 0 Å². The number of nitrogens with zero attached hydrogens (tertiary/aromatic N) is 1. The lowest BCUT2D eigenvalue weighted by Crippen LogP contribution is -2.39. The van der Waals surface area contributed by atoms with Gasteiger partial charge in [0.15, 0.2) is 0 Å². The molecular formula is C35H33FN2O4. The van der Waals surface area contributed by atoms with Crippen LogP contribution in [0.15, 0.2) is 102 Å². The molecule has 7 heteroatoms. The molecule has 2 heterocycles. The lowest BCUT2D eigenvalue weighted by molar-refractivity contribution is 0.0759. The number of hydrogen-bond acceptors (Lipinski definition) is 5. The maximum atomic E-state index is 15.1. The van der Waals surface area contributed by atoms with Gasteiger partial charge in [-0.2, -0.15) is 0 Å². The standard InChI is InChI=1S/C35H33FN2O4/c1-22-18-24(41-20-23-10-5-4-6-11-23)16-17-25(22)32-33-28(19-35(2,3)21-42-33)37-31-29(14-9-15-30(31)39)38(32)34(40)26-12-7-8-13-27(26)36/h4-18,32,37,39H,19-21H2,1-3H3. The first-order valence-corrected chi connectivity index (χ1v) is 14.0. The predicted molar refractivity (Wildman–Crippen MR) is 161 cm³/mol. The Hall–Kier alpha value is -4.78. The van der Waals surface area contributed by atoms with Crippen LogP contribution in [-0.4, -0.2) is 17.6 Å². The minimum Gasteiger partial charge on any atom is -0.506 e. The fourth-order valence-electron chi connectivity index (χ4n) is 5.65. The number of aromatic hydroxyl groups is 1. The normalized spacial score (nSPS) is 17.3. The Bertz CT molecular complexity index is 1680. The molecule has 0 aromatic heterocycles. The van der Waals surface area contributed by atoms with E-state index in [0.717, 1.165) is 22.4 Å². The van der Waals surface area contributed by atoms with Crippen LogP contribution in [0.2, 0.25) is 0 Å². The molecule has 1 unspecified atom stereocenters. The molecule has 1 atom stereocenters. The topological polar surface area (TPSA) is 71.0 Å². The number of benzene rings is 4. The Morgan fingerprint density at radius 2 is 1.81 bits per heavy atom. The first-order valence-electron chi connectivity index (χ1n) is 14.0. The van der Waals surface area contributed by atoms with Gasteiger partial charge in [-0.3, -0.25) is 9.69 Å². The fourth-order valence-corrected chi connectivity index (χ4v) is 5.65. The monoisotopic (exact) mass is 564 g/mol. The summed E-state index contributed by atoms with van der Waals surface area (Å²) in [6.45, 7) is 7.04. The first-order chi connectivity index (χ1) is 20.2. The van der Waals surface area contributed by atoms with E-state index in [2.05, 4.69) is 19.2 Å². The van der Waals surface area contributed by atoms with Crippen LogP contribution < -0.4 is 15.0 Å². The van der Waals surface area contributed by atoms with Crippen molar-refractivity contribution < 1.29 is 23.8 Å². The summed E-state index contributed by atoms with van der Waals surface area (Å²) in [4.78, 5) is 15.9. The first kappa shape index (κ1) is 27.4. The molecule has 6 nitrogen and oxygen atoms in total. The molecule has 0 radical (unpaired) electrons. The predicted octanol–water partition coefficient (Wildman–Crippen LogP) is 7.89. The Morgan fingerprint density at radius 1 is 1.05 bits per heavy atom. The number of halogens is 1. The number of allylic oxidation sites excluding steroid dienone is 1. The van der Waals surface area contributed by atoms with Gasteiger partial charge in [-0.15, -0.1) is 0 Å². The smallest absolute Gasteiger partial charge is 0.262 e. The molecule has 0 fully saturated rings. The van der Waals surface area contributed by atoms with Gasteiger partial charge in [-0.1, -0.05) is 68.4 Å². The van der Waals surface area contributed by atoms with Crippen LogP contribution in [0.4, 0.5) is 15.8 Å². The second kappa shape index (κ2) is 10.9. The van der Waals surface area contributed by atoms with Crippen molar-refractivity contribution in [3.8, 4) is 11.5 Å². The van der Waals surface area contributed by atoms with E-state index in [4.69, 9.17) is 9.47 Å². The summed E-state index contributed by atoms with van der Waals surface area (Å²) in [5, 5.41) is 14.4. The minimum atomic E-state index is -0.734. The highest BCUT2D eigenvalue weighted by Crippen LogP contribution is 2.50. The van der Waals surface area contributed by atoms with E-state index in [-0.39, 0.29) is 16.7 Å². The molecule has 0 aliphatic carbocycles. The average molecular weight is 565 g/mol. The van der Waals surface area contributed by atoms with Crippen LogP contribution in [0.5, 0.6) is 11.5 Å². The molecule has 2 aliphatic heterocycles. The molecule has 0 spiro atoms. The number of rotatable bonds is 5. The number of aryl methyl sites for hydroxylation is 1. The number of carbonyl (C=O) groups is 1. The zero-order valence-corrected chi connectivity index (χ0v) is 23.9. The largest absolute Gasteiger partial charge is 0.506 e. The zero-order chi connectivity index (χ0) is 29.4. The number of phenols is 1. The van der Waals surface area contributed by atoms with Crippen molar-refractivity contribution in [3.05, 3.63) is 131 Å². The van der Waals surface area contributed by atoms with Crippen molar-refractivity contribution in [2.45, 2.75) is 39.8 Å². The van der Waals surface area contributed by atoms with E-state index in [1.807, 2.05) is 55.5 Å². The molecular weight excluding hydrogens is 531 g/mol. The summed E-state index contributed by atoms with van der Waals surface area (Å²) < 4.78 is 27.7. The highest BCUT2D eigenvalue weighted by molar-refractivity contribution is 6.09. The maximum absolute atomic E-state index is 15.1. The van der Waals surface area contributed by atoms with E-state index in [1.54, 1.807) is 30.3 Å². The van der Waals surface area contributed by atoms with E-state index in [0.29, 0.717) is 42.5 Å². The molecule has 0 saturated heterocycles. The van der Waals surface area contributed by atoms with Gasteiger partial charge >= 0.3 is 0 Å². The van der Waals surface area contributed by atoms with Crippen molar-refractivity contribution in [2.24, 2.45) is 5.41 Å². The van der Waals surface area contributed by atoms with Gasteiger partial charge in [0.2, 0.25) is 0 Å². The summed E-state index contributed by atoms with van der Waals surface area (Å²) in [7, 11) is 0. The molecule has 2 aliphatic rings. The summed E-state index contributed by atoms with van der Waals surface area (Å²) in [5.74, 6) is 0.0720. The van der Waals surface area contributed by atoms with Gasteiger partial charge in [0.1, 0.15) is 41.4 Å². The second-order valence-electron chi connectivity index (χ2n) is 11.6. The molecule has 1 amide bonds. The molecule has 42 heavy (non-hydrogen) atoms. The third-order valence-corrected chi connectivity index (χ3v) is 7.74. The van der Waals surface area contributed by atoms with E-state index >= 15 is 4.39 Å². The summed E-state index contributed by atoms with van der Waals surface area (Å²) >= 11 is 0. The summed E-state index contributed by atoms with van der Waals surface area (Å²) in [6.07, 6.45) is 0.631. The quantitative estimate of drug-likeness (QED) is 0.241. The zero-order valence-electron chi connectivity index (χ0n) is 23.9. The average Bonchev–Trinajstić information content (AvgIpc) is 3.11. The van der Waals surface area contributed by atoms with Crippen molar-refractivity contribution >= 4 is 17.3 Å². The van der Waals surface area contributed by atoms with Gasteiger partial charge in [0, 0.05) is 5.41 Å². The van der Waals surface area contributed by atoms with Crippen LogP contribution in [0.3, 0.4) is 0 Å². The Balaban J connectivity index is 1.51. The van der Waals surface area contributed by atoms with Crippen molar-refractivity contribution in [3.63, 3.8) is 0 Å². The van der Waals surface area contributed by atoms with Gasteiger partial charge < -0.3 is 19.9 Å². The molecule has 0 bridgehead atoms. The van der Waals surface area contributed by atoms with Gasteiger partial charge in [-0.25, -0.2) is 4.39 Å². The third-order valence-electron chi connectivity index (χ3n) is 7.74. The Labute approximate surface area is 245 Å². The Kier molecular flexibility index (Phi) is 7.11. The third kappa shape index (κ3) is 5.18. The number of fused-ring (bicyclic) bond motifs is 1. The number of para-hydroxylation sites is 1. The lowest BCUT2D eigenvalue weighted by Gasteiger charge is -2.38. The summed E-state index contributed by atoms with van der Waals surface area (Å²) in [5.41, 5.74) is 4.05.